The largest absolute Gasteiger partial charge is 0.481 e. The van der Waals surface area contributed by atoms with Gasteiger partial charge in [-0.2, -0.15) is 0 Å². The predicted molar refractivity (Wildman–Crippen MR) is 144 cm³/mol. The number of hydrogen-bond acceptors (Lipinski definition) is 3. The van der Waals surface area contributed by atoms with E-state index in [4.69, 9.17) is 23.2 Å². The van der Waals surface area contributed by atoms with E-state index in [1.165, 1.54) is 0 Å². The second kappa shape index (κ2) is 11.5. The maximum Gasteiger partial charge on any atom is 0.304 e. The lowest BCUT2D eigenvalue weighted by atomic mass is 9.67. The number of halogens is 2. The number of piperidine rings is 1. The summed E-state index contributed by atoms with van der Waals surface area (Å²) in [4.78, 5) is 28.0. The summed E-state index contributed by atoms with van der Waals surface area (Å²) in [5.74, 6) is -1.29. The zero-order chi connectivity index (χ0) is 26.7. The van der Waals surface area contributed by atoms with Gasteiger partial charge in [0.05, 0.1) is 23.5 Å². The summed E-state index contributed by atoms with van der Waals surface area (Å²) in [6.07, 6.45) is 2.93. The number of carbonyl (C=O) groups excluding carboxylic acids is 1. The first-order valence-corrected chi connectivity index (χ1v) is 13.4. The Hall–Kier alpha value is -2.08. The molecule has 0 saturated carbocycles. The van der Waals surface area contributed by atoms with Crippen LogP contribution in [-0.2, 0) is 9.59 Å². The highest BCUT2D eigenvalue weighted by Gasteiger charge is 2.52. The maximum absolute atomic E-state index is 14.2. The number of likely N-dealkylation sites (tertiary alicyclic amines) is 1. The van der Waals surface area contributed by atoms with Gasteiger partial charge in [-0.3, -0.25) is 9.59 Å². The van der Waals surface area contributed by atoms with E-state index in [2.05, 4.69) is 6.92 Å². The molecule has 1 fully saturated rings. The van der Waals surface area contributed by atoms with Gasteiger partial charge in [0.25, 0.3) is 0 Å². The van der Waals surface area contributed by atoms with Crippen LogP contribution in [0, 0.1) is 5.41 Å². The van der Waals surface area contributed by atoms with Crippen molar-refractivity contribution in [2.24, 2.45) is 5.41 Å². The number of rotatable bonds is 10. The number of carboxylic acids is 1. The van der Waals surface area contributed by atoms with Crippen LogP contribution in [0.25, 0.3) is 0 Å². The first-order valence-electron chi connectivity index (χ1n) is 12.6. The van der Waals surface area contributed by atoms with Crippen LogP contribution in [0.2, 0.25) is 10.0 Å². The molecular formula is C29H37Cl2NO4. The first kappa shape index (κ1) is 28.5. The van der Waals surface area contributed by atoms with Gasteiger partial charge in [0.1, 0.15) is 0 Å². The zero-order valence-corrected chi connectivity index (χ0v) is 23.0. The lowest BCUT2D eigenvalue weighted by Gasteiger charge is -2.52. The number of carbonyl (C=O) groups is 2. The molecule has 1 aliphatic heterocycles. The van der Waals surface area contributed by atoms with E-state index in [9.17, 15) is 19.8 Å². The van der Waals surface area contributed by atoms with Crippen molar-refractivity contribution in [3.05, 3.63) is 69.7 Å². The molecule has 2 aromatic rings. The van der Waals surface area contributed by atoms with Gasteiger partial charge >= 0.3 is 5.97 Å². The number of benzene rings is 2. The van der Waals surface area contributed by atoms with E-state index >= 15 is 0 Å². The van der Waals surface area contributed by atoms with Crippen LogP contribution in [-0.4, -0.2) is 38.6 Å². The van der Waals surface area contributed by atoms with Gasteiger partial charge in [-0.05, 0) is 81.3 Å². The topological polar surface area (TPSA) is 77.8 Å². The monoisotopic (exact) mass is 533 g/mol. The molecule has 0 aliphatic carbocycles. The third-order valence-corrected chi connectivity index (χ3v) is 7.81. The Labute approximate surface area is 224 Å². The fourth-order valence-electron chi connectivity index (χ4n) is 5.59. The fraction of sp³-hybridized carbons (Fsp3) is 0.517. The van der Waals surface area contributed by atoms with E-state index in [0.717, 1.165) is 17.5 Å². The van der Waals surface area contributed by atoms with Gasteiger partial charge < -0.3 is 15.1 Å². The van der Waals surface area contributed by atoms with Gasteiger partial charge in [-0.15, -0.1) is 0 Å². The van der Waals surface area contributed by atoms with Crippen LogP contribution in [0.5, 0.6) is 0 Å². The molecule has 0 spiro atoms. The Morgan fingerprint density at radius 1 is 1.14 bits per heavy atom. The first-order chi connectivity index (χ1) is 16.8. The fourth-order valence-corrected chi connectivity index (χ4v) is 5.92. The third kappa shape index (κ3) is 6.81. The average Bonchev–Trinajstić information content (AvgIpc) is 2.78. The zero-order valence-electron chi connectivity index (χ0n) is 21.5. The van der Waals surface area contributed by atoms with Gasteiger partial charge in [0, 0.05) is 22.0 Å². The maximum atomic E-state index is 14.2. The van der Waals surface area contributed by atoms with Crippen LogP contribution in [0.15, 0.2) is 48.5 Å². The van der Waals surface area contributed by atoms with Gasteiger partial charge in [0.2, 0.25) is 5.91 Å². The van der Waals surface area contributed by atoms with Gasteiger partial charge in [0.15, 0.2) is 0 Å². The Kier molecular flexibility index (Phi) is 9.13. The summed E-state index contributed by atoms with van der Waals surface area (Å²) in [5.41, 5.74) is 0.0748. The second-order valence-electron chi connectivity index (χ2n) is 11.0. The molecule has 5 nitrogen and oxygen atoms in total. The summed E-state index contributed by atoms with van der Waals surface area (Å²) in [7, 11) is 0. The molecule has 0 bridgehead atoms. The molecule has 2 aromatic carbocycles. The molecule has 1 aliphatic rings. The van der Waals surface area contributed by atoms with Crippen LogP contribution in [0.1, 0.15) is 89.3 Å². The van der Waals surface area contributed by atoms with Crippen molar-refractivity contribution in [3.8, 4) is 0 Å². The Balaban J connectivity index is 2.15. The highest BCUT2D eigenvalue weighted by atomic mass is 35.5. The minimum Gasteiger partial charge on any atom is -0.481 e. The molecule has 0 radical (unpaired) electrons. The van der Waals surface area contributed by atoms with Crippen LogP contribution in [0.4, 0.5) is 0 Å². The van der Waals surface area contributed by atoms with Crippen LogP contribution < -0.4 is 0 Å². The van der Waals surface area contributed by atoms with E-state index in [1.807, 2.05) is 53.4 Å². The number of amides is 1. The van der Waals surface area contributed by atoms with E-state index in [-0.39, 0.29) is 30.3 Å². The van der Waals surface area contributed by atoms with Crippen molar-refractivity contribution in [2.45, 2.75) is 89.8 Å². The van der Waals surface area contributed by atoms with Crippen molar-refractivity contribution >= 4 is 35.1 Å². The van der Waals surface area contributed by atoms with Crippen molar-refractivity contribution in [3.63, 3.8) is 0 Å². The van der Waals surface area contributed by atoms with Crippen molar-refractivity contribution in [1.82, 2.24) is 4.90 Å². The highest BCUT2D eigenvalue weighted by Crippen LogP contribution is 2.52. The normalized spacial score (nSPS) is 23.5. The SMILES string of the molecule is CC[C@@H](CCCC(C)(C)O)N1C(=O)[C@@](C)(CC(=O)O)C[C@H](c2cccc(Cl)c2)[C@H]1c1ccc(Cl)cc1. The standard InChI is InChI=1S/C29H37Cl2NO4/c1-5-23(10-7-15-28(2,3)36)32-26(19-11-13-21(30)14-12-19)24(20-8-6-9-22(31)16-20)17-29(4,27(32)35)18-25(33)34/h6,8-9,11-14,16,23-24,26,36H,5,7,10,15,17-18H2,1-4H3,(H,33,34)/t23-,24+,26+,29+/m0/s1. The van der Waals surface area contributed by atoms with Gasteiger partial charge in [-0.1, -0.05) is 61.3 Å². The summed E-state index contributed by atoms with van der Waals surface area (Å²) < 4.78 is 0. The Morgan fingerprint density at radius 2 is 1.81 bits per heavy atom. The molecule has 3 rings (SSSR count). The lowest BCUT2D eigenvalue weighted by Crippen LogP contribution is -2.56. The average molecular weight is 535 g/mol. The Morgan fingerprint density at radius 3 is 2.36 bits per heavy atom. The second-order valence-corrected chi connectivity index (χ2v) is 11.8. The van der Waals surface area contributed by atoms with Crippen molar-refractivity contribution in [2.75, 3.05) is 0 Å². The number of aliphatic carboxylic acids is 1. The van der Waals surface area contributed by atoms with Crippen LogP contribution in [0.3, 0.4) is 0 Å². The molecule has 0 aromatic heterocycles. The minimum atomic E-state index is -1.06. The predicted octanol–water partition coefficient (Wildman–Crippen LogP) is 7.25. The van der Waals surface area contributed by atoms with E-state index in [0.29, 0.717) is 35.7 Å². The molecule has 1 amide bonds. The molecule has 0 unspecified atom stereocenters. The number of aliphatic hydroxyl groups is 1. The van der Waals surface area contributed by atoms with Crippen LogP contribution >= 0.6 is 23.2 Å². The number of hydrogen-bond donors (Lipinski definition) is 2. The smallest absolute Gasteiger partial charge is 0.304 e. The molecule has 1 saturated heterocycles. The summed E-state index contributed by atoms with van der Waals surface area (Å²) in [6.45, 7) is 7.40. The van der Waals surface area contributed by atoms with E-state index < -0.39 is 17.0 Å². The lowest BCUT2D eigenvalue weighted by molar-refractivity contribution is -0.160. The number of nitrogens with zero attached hydrogens (tertiary/aromatic N) is 1. The molecule has 2 N–H and O–H groups in total. The molecular weight excluding hydrogens is 497 g/mol. The summed E-state index contributed by atoms with van der Waals surface area (Å²) >= 11 is 12.6. The summed E-state index contributed by atoms with van der Waals surface area (Å²) in [6, 6.07) is 14.8. The molecule has 196 valence electrons. The molecule has 4 atom stereocenters. The third-order valence-electron chi connectivity index (χ3n) is 7.32. The van der Waals surface area contributed by atoms with Crippen molar-refractivity contribution < 1.29 is 19.8 Å². The Bertz CT molecular complexity index is 1070. The molecule has 36 heavy (non-hydrogen) atoms. The number of carboxylic acid groups (broad SMARTS) is 1. The van der Waals surface area contributed by atoms with Gasteiger partial charge in [-0.25, -0.2) is 0 Å². The minimum absolute atomic E-state index is 0.115. The quantitative estimate of drug-likeness (QED) is 0.337. The highest BCUT2D eigenvalue weighted by molar-refractivity contribution is 6.30. The summed E-state index contributed by atoms with van der Waals surface area (Å²) in [5, 5.41) is 21.2. The van der Waals surface area contributed by atoms with Crippen molar-refractivity contribution in [1.29, 1.82) is 0 Å². The molecule has 1 heterocycles. The van der Waals surface area contributed by atoms with E-state index in [1.54, 1.807) is 20.8 Å². The molecule has 7 heteroatoms.